The zero-order valence-electron chi connectivity index (χ0n) is 19.2. The Morgan fingerprint density at radius 2 is 1.76 bits per heavy atom. The van der Waals surface area contributed by atoms with Crippen LogP contribution in [-0.2, 0) is 11.8 Å². The van der Waals surface area contributed by atoms with Gasteiger partial charge in [-0.2, -0.15) is 5.10 Å². The number of anilines is 2. The van der Waals surface area contributed by atoms with E-state index in [2.05, 4.69) is 15.1 Å². The summed E-state index contributed by atoms with van der Waals surface area (Å²) < 4.78 is 12.7. The first kappa shape index (κ1) is 21.6. The van der Waals surface area contributed by atoms with Crippen LogP contribution in [0.1, 0.15) is 12.8 Å². The smallest absolute Gasteiger partial charge is 0.246 e. The number of rotatable bonds is 7. The van der Waals surface area contributed by atoms with E-state index in [-0.39, 0.29) is 5.91 Å². The number of aliphatic imine (C=N–C) groups is 1. The summed E-state index contributed by atoms with van der Waals surface area (Å²) in [6.45, 7) is 0.427. The molecule has 0 N–H and O–H groups in total. The molecule has 0 spiro atoms. The lowest BCUT2D eigenvalue weighted by atomic mass is 10.1. The molecule has 0 saturated heterocycles. The molecule has 0 radical (unpaired) electrons. The number of hydrogen-bond donors (Lipinski definition) is 0. The lowest BCUT2D eigenvalue weighted by molar-refractivity contribution is -0.117. The Hall–Kier alpha value is -4.27. The maximum absolute atomic E-state index is 11.8. The van der Waals surface area contributed by atoms with Gasteiger partial charge in [0.2, 0.25) is 5.91 Å². The number of nitrogens with zero attached hydrogens (tertiary/aromatic N) is 6. The van der Waals surface area contributed by atoms with Crippen LogP contribution >= 0.6 is 0 Å². The normalized spacial score (nSPS) is 13.3. The molecule has 9 nitrogen and oxygen atoms in total. The summed E-state index contributed by atoms with van der Waals surface area (Å²) >= 11 is 0. The average Bonchev–Trinajstić information content (AvgIpc) is 3.49. The van der Waals surface area contributed by atoms with Crippen molar-refractivity contribution in [3.8, 4) is 22.6 Å². The third-order valence-corrected chi connectivity index (χ3v) is 5.74. The summed E-state index contributed by atoms with van der Waals surface area (Å²) in [4.78, 5) is 27.5. The third kappa shape index (κ3) is 4.32. The minimum absolute atomic E-state index is 0.0880. The van der Waals surface area contributed by atoms with Gasteiger partial charge in [0.1, 0.15) is 17.3 Å². The predicted octanol–water partition coefficient (Wildman–Crippen LogP) is 3.95. The Bertz CT molecular complexity index is 1390. The molecule has 0 fully saturated rings. The minimum Gasteiger partial charge on any atom is -0.497 e. The van der Waals surface area contributed by atoms with Gasteiger partial charge < -0.3 is 14.4 Å². The van der Waals surface area contributed by atoms with Crippen molar-refractivity contribution >= 4 is 34.2 Å². The van der Waals surface area contributed by atoms with E-state index in [0.29, 0.717) is 36.7 Å². The molecule has 1 amide bonds. The third-order valence-electron chi connectivity index (χ3n) is 5.74. The molecule has 4 heterocycles. The number of carbonyl (C=O) groups excluding carboxylic acids is 1. The molecule has 0 bridgehead atoms. The first-order chi connectivity index (χ1) is 16.5. The number of ether oxygens (including phenoxy) is 2. The number of hydrogen-bond acceptors (Lipinski definition) is 7. The number of amides is 1. The molecule has 0 atom stereocenters. The van der Waals surface area contributed by atoms with Crippen molar-refractivity contribution in [2.24, 2.45) is 12.0 Å². The Morgan fingerprint density at radius 3 is 2.41 bits per heavy atom. The molecule has 9 heteroatoms. The molecule has 34 heavy (non-hydrogen) atoms. The number of benzene rings is 1. The molecule has 4 aromatic rings. The van der Waals surface area contributed by atoms with Gasteiger partial charge in [-0.25, -0.2) is 9.98 Å². The number of methoxy groups -OCH3 is 2. The van der Waals surface area contributed by atoms with Gasteiger partial charge in [0.15, 0.2) is 0 Å². The number of aryl methyl sites for hydroxylation is 1. The van der Waals surface area contributed by atoms with E-state index in [1.54, 1.807) is 25.1 Å². The fourth-order valence-corrected chi connectivity index (χ4v) is 3.96. The summed E-state index contributed by atoms with van der Waals surface area (Å²) in [5.41, 5.74) is 5.08. The van der Waals surface area contributed by atoms with Crippen molar-refractivity contribution in [1.82, 2.24) is 19.7 Å². The second-order valence-corrected chi connectivity index (χ2v) is 8.06. The summed E-state index contributed by atoms with van der Waals surface area (Å²) in [5.74, 6) is 1.93. The van der Waals surface area contributed by atoms with Gasteiger partial charge >= 0.3 is 0 Å². The van der Waals surface area contributed by atoms with Crippen LogP contribution in [0.3, 0.4) is 0 Å². The highest BCUT2D eigenvalue weighted by Crippen LogP contribution is 2.33. The molecule has 1 aliphatic heterocycles. The lowest BCUT2D eigenvalue weighted by Gasteiger charge is -2.25. The second kappa shape index (κ2) is 8.93. The number of fused-ring (bicyclic) bond motifs is 1. The SMILES string of the molecule is COc1cc(OC)cc(N(CC2=NC(=O)CC2)c2ccc3ncc(-c4cnn(C)c4)cc3n2)c1. The Morgan fingerprint density at radius 1 is 0.971 bits per heavy atom. The number of carbonyl (C=O) groups is 1. The molecule has 3 aromatic heterocycles. The summed E-state index contributed by atoms with van der Waals surface area (Å²) in [5, 5.41) is 4.25. The highest BCUT2D eigenvalue weighted by molar-refractivity contribution is 6.04. The van der Waals surface area contributed by atoms with Crippen molar-refractivity contribution in [2.75, 3.05) is 25.7 Å². The van der Waals surface area contributed by atoms with E-state index in [9.17, 15) is 4.79 Å². The topological polar surface area (TPSA) is 94.7 Å². The van der Waals surface area contributed by atoms with Crippen molar-refractivity contribution in [3.05, 3.63) is 55.0 Å². The van der Waals surface area contributed by atoms with Crippen LogP contribution < -0.4 is 14.4 Å². The Kier molecular flexibility index (Phi) is 5.67. The highest BCUT2D eigenvalue weighted by atomic mass is 16.5. The summed E-state index contributed by atoms with van der Waals surface area (Å²) in [6.07, 6.45) is 6.64. The van der Waals surface area contributed by atoms with Crippen LogP contribution in [0.5, 0.6) is 11.5 Å². The largest absolute Gasteiger partial charge is 0.497 e. The van der Waals surface area contributed by atoms with Gasteiger partial charge in [-0.3, -0.25) is 14.5 Å². The van der Waals surface area contributed by atoms with Gasteiger partial charge in [0, 0.05) is 60.9 Å². The van der Waals surface area contributed by atoms with Crippen LogP contribution in [0.2, 0.25) is 0 Å². The van der Waals surface area contributed by atoms with Crippen molar-refractivity contribution < 1.29 is 14.3 Å². The minimum atomic E-state index is -0.0880. The van der Waals surface area contributed by atoms with E-state index in [1.807, 2.05) is 60.7 Å². The fourth-order valence-electron chi connectivity index (χ4n) is 3.96. The molecule has 5 rings (SSSR count). The summed E-state index contributed by atoms with van der Waals surface area (Å²) in [7, 11) is 5.11. The molecule has 172 valence electrons. The highest BCUT2D eigenvalue weighted by Gasteiger charge is 2.21. The predicted molar refractivity (Wildman–Crippen MR) is 130 cm³/mol. The molecule has 1 aliphatic rings. The quantitative estimate of drug-likeness (QED) is 0.416. The standard InChI is InChI=1S/C25H24N6O3/c1-30-14-17(13-27-30)16-8-23-22(26-12-16)5-6-24(29-23)31(15-18-4-7-25(32)28-18)19-9-20(33-2)11-21(10-19)34-3/h5-6,8-14H,4,7,15H2,1-3H3. The van der Waals surface area contributed by atoms with E-state index in [1.165, 1.54) is 0 Å². The molecule has 0 aliphatic carbocycles. The maximum Gasteiger partial charge on any atom is 0.246 e. The monoisotopic (exact) mass is 456 g/mol. The van der Waals surface area contributed by atoms with E-state index in [4.69, 9.17) is 14.5 Å². The average molecular weight is 457 g/mol. The van der Waals surface area contributed by atoms with Crippen LogP contribution in [0, 0.1) is 0 Å². The van der Waals surface area contributed by atoms with Gasteiger partial charge in [0.05, 0.1) is 43.7 Å². The van der Waals surface area contributed by atoms with Crippen LogP contribution in [0.4, 0.5) is 11.5 Å². The van der Waals surface area contributed by atoms with Crippen molar-refractivity contribution in [2.45, 2.75) is 12.8 Å². The fraction of sp³-hybridized carbons (Fsp3) is 0.240. The summed E-state index contributed by atoms with van der Waals surface area (Å²) in [6, 6.07) is 11.5. The van der Waals surface area contributed by atoms with E-state index >= 15 is 0 Å². The molecular formula is C25H24N6O3. The van der Waals surface area contributed by atoms with Gasteiger partial charge in [-0.15, -0.1) is 0 Å². The van der Waals surface area contributed by atoms with Gasteiger partial charge in [0.25, 0.3) is 0 Å². The van der Waals surface area contributed by atoms with Crippen LogP contribution in [-0.4, -0.2) is 52.1 Å². The molecule has 0 saturated carbocycles. The second-order valence-electron chi connectivity index (χ2n) is 8.06. The van der Waals surface area contributed by atoms with Crippen molar-refractivity contribution in [1.29, 1.82) is 0 Å². The maximum atomic E-state index is 11.8. The number of aromatic nitrogens is 4. The molecule has 1 aromatic carbocycles. The molecular weight excluding hydrogens is 432 g/mol. The Balaban J connectivity index is 1.60. The van der Waals surface area contributed by atoms with Crippen molar-refractivity contribution in [3.63, 3.8) is 0 Å². The van der Waals surface area contributed by atoms with Gasteiger partial charge in [-0.05, 0) is 24.6 Å². The van der Waals surface area contributed by atoms with Crippen LogP contribution in [0.25, 0.3) is 22.2 Å². The first-order valence-electron chi connectivity index (χ1n) is 10.9. The zero-order chi connectivity index (χ0) is 23.7. The van der Waals surface area contributed by atoms with E-state index in [0.717, 1.165) is 33.6 Å². The zero-order valence-corrected chi connectivity index (χ0v) is 19.2. The van der Waals surface area contributed by atoms with Crippen LogP contribution in [0.15, 0.2) is 60.0 Å². The number of pyridine rings is 2. The van der Waals surface area contributed by atoms with Gasteiger partial charge in [-0.1, -0.05) is 0 Å². The lowest BCUT2D eigenvalue weighted by Crippen LogP contribution is -2.25. The first-order valence-corrected chi connectivity index (χ1v) is 10.9. The Labute approximate surface area is 196 Å². The molecule has 0 unspecified atom stereocenters. The van der Waals surface area contributed by atoms with E-state index < -0.39 is 0 Å².